The fourth-order valence-corrected chi connectivity index (χ4v) is 3.46. The molecule has 25 heavy (non-hydrogen) atoms. The first-order valence-corrected chi connectivity index (χ1v) is 8.85. The minimum absolute atomic E-state index is 0.00212. The van der Waals surface area contributed by atoms with Crippen molar-refractivity contribution < 1.29 is 13.2 Å². The lowest BCUT2D eigenvalue weighted by Gasteiger charge is -2.14. The van der Waals surface area contributed by atoms with Crippen LogP contribution in [-0.2, 0) is 0 Å². The predicted octanol–water partition coefficient (Wildman–Crippen LogP) is 6.70. The molecule has 2 rings (SSSR count). The average Bonchev–Trinajstić information content (AvgIpc) is 2.53. The molecule has 1 aromatic carbocycles. The third kappa shape index (κ3) is 5.32. The summed E-state index contributed by atoms with van der Waals surface area (Å²) in [5.41, 5.74) is 0.452. The number of benzene rings is 1. The Hall–Kier alpha value is -1.33. The molecule has 10 heteroatoms. The summed E-state index contributed by atoms with van der Waals surface area (Å²) < 4.78 is 36.9. The first kappa shape index (κ1) is 20.0. The number of hydrogen-bond acceptors (Lipinski definition) is 4. The molecule has 2 aromatic rings. The molecule has 1 N–H and O–H groups in total. The van der Waals surface area contributed by atoms with Gasteiger partial charge < -0.3 is 5.32 Å². The monoisotopic (exact) mass is 425 g/mol. The van der Waals surface area contributed by atoms with Gasteiger partial charge in [0.05, 0.1) is 17.1 Å². The van der Waals surface area contributed by atoms with Crippen molar-refractivity contribution in [3.05, 3.63) is 45.0 Å². The maximum atomic E-state index is 12.3. The molecule has 0 aliphatic heterocycles. The molecule has 0 unspecified atom stereocenters. The van der Waals surface area contributed by atoms with Gasteiger partial charge in [-0.25, -0.2) is 4.98 Å². The number of alkyl halides is 3. The summed E-state index contributed by atoms with van der Waals surface area (Å²) in [5.74, 6) is -0.0161. The van der Waals surface area contributed by atoms with Crippen molar-refractivity contribution >= 4 is 58.1 Å². The number of hydrogen-bond donors (Lipinski definition) is 1. The maximum absolute atomic E-state index is 12.3. The number of halogens is 6. The Balaban J connectivity index is 2.26. The third-order valence-electron chi connectivity index (χ3n) is 2.93. The second-order valence-corrected chi connectivity index (χ2v) is 6.95. The van der Waals surface area contributed by atoms with Gasteiger partial charge in [0.25, 0.3) is 0 Å². The van der Waals surface area contributed by atoms with E-state index in [9.17, 15) is 13.2 Å². The van der Waals surface area contributed by atoms with Crippen LogP contribution in [0.15, 0.2) is 29.2 Å². The molecule has 0 spiro atoms. The van der Waals surface area contributed by atoms with E-state index in [0.29, 0.717) is 10.6 Å². The molecule has 0 aliphatic carbocycles. The van der Waals surface area contributed by atoms with E-state index in [1.807, 2.05) is 0 Å². The lowest BCUT2D eigenvalue weighted by Crippen LogP contribution is -2.08. The molecule has 1 heterocycles. The van der Waals surface area contributed by atoms with Gasteiger partial charge in [0, 0.05) is 10.6 Å². The molecule has 3 nitrogen and oxygen atoms in total. The molecule has 132 valence electrons. The number of rotatable bonds is 5. The lowest BCUT2D eigenvalue weighted by atomic mass is 10.3. The van der Waals surface area contributed by atoms with Crippen LogP contribution < -0.4 is 5.32 Å². The molecule has 0 saturated carbocycles. The quantitative estimate of drug-likeness (QED) is 0.427. The number of nitriles is 1. The summed E-state index contributed by atoms with van der Waals surface area (Å²) in [6, 6.07) is 8.54. The van der Waals surface area contributed by atoms with Crippen LogP contribution >= 0.6 is 46.6 Å². The first-order valence-electron chi connectivity index (χ1n) is 6.73. The van der Waals surface area contributed by atoms with Crippen molar-refractivity contribution in [3.8, 4) is 6.07 Å². The number of aromatic nitrogens is 1. The number of thioether (sulfide) groups is 1. The van der Waals surface area contributed by atoms with Gasteiger partial charge in [-0.15, -0.1) is 11.8 Å². The van der Waals surface area contributed by atoms with Crippen molar-refractivity contribution in [2.75, 3.05) is 11.1 Å². The van der Waals surface area contributed by atoms with Crippen molar-refractivity contribution in [1.29, 1.82) is 5.26 Å². The van der Waals surface area contributed by atoms with E-state index in [4.69, 9.17) is 40.1 Å². The second-order valence-electron chi connectivity index (χ2n) is 4.70. The van der Waals surface area contributed by atoms with Gasteiger partial charge in [0.2, 0.25) is 0 Å². The highest BCUT2D eigenvalue weighted by Gasteiger charge is 2.26. The Morgan fingerprint density at radius 1 is 1.16 bits per heavy atom. The van der Waals surface area contributed by atoms with E-state index in [1.165, 1.54) is 0 Å². The average molecular weight is 427 g/mol. The van der Waals surface area contributed by atoms with Crippen molar-refractivity contribution in [1.82, 2.24) is 4.98 Å². The van der Waals surface area contributed by atoms with Crippen LogP contribution in [0.4, 0.5) is 24.7 Å². The Bertz CT molecular complexity index is 822. The predicted molar refractivity (Wildman–Crippen MR) is 95.1 cm³/mol. The molecule has 0 aliphatic rings. The van der Waals surface area contributed by atoms with E-state index in [-0.39, 0.29) is 32.3 Å². The smallest absolute Gasteiger partial charge is 0.338 e. The van der Waals surface area contributed by atoms with Gasteiger partial charge in [-0.2, -0.15) is 18.4 Å². The van der Waals surface area contributed by atoms with Crippen LogP contribution in [0.5, 0.6) is 0 Å². The van der Waals surface area contributed by atoms with E-state index >= 15 is 0 Å². The van der Waals surface area contributed by atoms with Crippen molar-refractivity contribution in [2.24, 2.45) is 0 Å². The zero-order chi connectivity index (χ0) is 18.6. The molecule has 0 radical (unpaired) electrons. The molecule has 0 amide bonds. The Labute approximate surface area is 161 Å². The summed E-state index contributed by atoms with van der Waals surface area (Å²) in [4.78, 5) is 4.57. The maximum Gasteiger partial charge on any atom is 0.389 e. The highest BCUT2D eigenvalue weighted by molar-refractivity contribution is 7.99. The minimum Gasteiger partial charge on any atom is -0.338 e. The summed E-state index contributed by atoms with van der Waals surface area (Å²) in [6.07, 6.45) is -5.12. The fraction of sp³-hybridized carbons (Fsp3) is 0.200. The van der Waals surface area contributed by atoms with Crippen LogP contribution in [0.1, 0.15) is 12.0 Å². The third-order valence-corrected chi connectivity index (χ3v) is 5.12. The van der Waals surface area contributed by atoms with Gasteiger partial charge >= 0.3 is 6.18 Å². The Kier molecular flexibility index (Phi) is 6.69. The summed E-state index contributed by atoms with van der Waals surface area (Å²) in [7, 11) is 0. The summed E-state index contributed by atoms with van der Waals surface area (Å²) in [5, 5.41) is 11.7. The van der Waals surface area contributed by atoms with Crippen LogP contribution in [0.3, 0.4) is 0 Å². The van der Waals surface area contributed by atoms with E-state index in [1.54, 1.807) is 30.3 Å². The fourth-order valence-electron chi connectivity index (χ4n) is 1.79. The van der Waals surface area contributed by atoms with Crippen molar-refractivity contribution in [2.45, 2.75) is 17.5 Å². The van der Waals surface area contributed by atoms with Crippen LogP contribution in [0, 0.1) is 11.3 Å². The van der Waals surface area contributed by atoms with Gasteiger partial charge in [0.1, 0.15) is 16.7 Å². The topological polar surface area (TPSA) is 48.7 Å². The van der Waals surface area contributed by atoms with E-state index in [2.05, 4.69) is 10.3 Å². The second kappa shape index (κ2) is 8.37. The molecular formula is C15H9Cl3F3N3S. The molecular weight excluding hydrogens is 418 g/mol. The number of anilines is 2. The molecule has 0 bridgehead atoms. The van der Waals surface area contributed by atoms with Crippen LogP contribution in [0.25, 0.3) is 0 Å². The number of para-hydroxylation sites is 1. The van der Waals surface area contributed by atoms with E-state index in [0.717, 1.165) is 11.8 Å². The first-order chi connectivity index (χ1) is 11.7. The molecule has 0 saturated heterocycles. The SMILES string of the molecule is N#Cc1c(Cl)nc(Nc2ccccc2SCCC(F)(F)F)c(Cl)c1Cl. The Morgan fingerprint density at radius 2 is 1.84 bits per heavy atom. The van der Waals surface area contributed by atoms with Crippen LogP contribution in [0.2, 0.25) is 15.2 Å². The number of nitrogens with zero attached hydrogens (tertiary/aromatic N) is 2. The van der Waals surface area contributed by atoms with Gasteiger partial charge in [-0.05, 0) is 12.1 Å². The number of nitrogens with one attached hydrogen (secondary N) is 1. The standard InChI is InChI=1S/C15H9Cl3F3N3S/c16-11-8(7-22)13(18)24-14(12(11)17)23-9-3-1-2-4-10(9)25-6-5-15(19,20)21/h1-4H,5-6H2,(H,23,24). The summed E-state index contributed by atoms with van der Waals surface area (Å²) >= 11 is 19.0. The summed E-state index contributed by atoms with van der Waals surface area (Å²) in [6.45, 7) is 0. The highest BCUT2D eigenvalue weighted by Crippen LogP contribution is 2.38. The number of pyridine rings is 1. The van der Waals surface area contributed by atoms with Gasteiger partial charge in [-0.3, -0.25) is 0 Å². The molecule has 1 aromatic heterocycles. The largest absolute Gasteiger partial charge is 0.389 e. The van der Waals surface area contributed by atoms with Crippen LogP contribution in [-0.4, -0.2) is 16.9 Å². The lowest BCUT2D eigenvalue weighted by molar-refractivity contribution is -0.129. The Morgan fingerprint density at radius 3 is 2.48 bits per heavy atom. The zero-order valence-electron chi connectivity index (χ0n) is 12.3. The van der Waals surface area contributed by atoms with Gasteiger partial charge in [0.15, 0.2) is 11.0 Å². The molecule has 0 fully saturated rings. The normalized spacial score (nSPS) is 11.2. The molecule has 0 atom stereocenters. The van der Waals surface area contributed by atoms with Gasteiger partial charge in [-0.1, -0.05) is 46.9 Å². The zero-order valence-corrected chi connectivity index (χ0v) is 15.4. The van der Waals surface area contributed by atoms with E-state index < -0.39 is 12.6 Å². The highest BCUT2D eigenvalue weighted by atomic mass is 35.5. The van der Waals surface area contributed by atoms with Crippen molar-refractivity contribution in [3.63, 3.8) is 0 Å². The minimum atomic E-state index is -4.21.